The molecule has 4 aromatic carbocycles. The summed E-state index contributed by atoms with van der Waals surface area (Å²) in [7, 11) is 0. The number of rotatable bonds is 5. The molecule has 29 heavy (non-hydrogen) atoms. The van der Waals surface area contributed by atoms with E-state index in [1.54, 1.807) is 0 Å². The molecule has 0 nitrogen and oxygen atoms in total. The second-order valence-electron chi connectivity index (χ2n) is 7.93. The van der Waals surface area contributed by atoms with Crippen LogP contribution in [0.5, 0.6) is 0 Å². The first-order chi connectivity index (χ1) is 14.1. The molecule has 144 valence electrons. The maximum atomic E-state index is 2.37. The zero-order valence-electron chi connectivity index (χ0n) is 17.6. The van der Waals surface area contributed by atoms with Gasteiger partial charge in [0.25, 0.3) is 0 Å². The SMILES string of the molecule is CCCc1cc(-c2ccc(C)cc2)ccc1-c1ccc(-c2ccc(C)cc2)cc1. The summed E-state index contributed by atoms with van der Waals surface area (Å²) >= 11 is 0. The fraction of sp³-hybridized carbons (Fsp3) is 0.172. The third kappa shape index (κ3) is 4.32. The third-order valence-corrected chi connectivity index (χ3v) is 5.59. The van der Waals surface area contributed by atoms with Crippen LogP contribution in [0.1, 0.15) is 30.0 Å². The Bertz CT molecular complexity index is 1080. The first kappa shape index (κ1) is 19.2. The van der Waals surface area contributed by atoms with Crippen LogP contribution in [-0.2, 0) is 6.42 Å². The van der Waals surface area contributed by atoms with Crippen LogP contribution in [0.4, 0.5) is 0 Å². The summed E-state index contributed by atoms with van der Waals surface area (Å²) in [5.74, 6) is 0. The highest BCUT2D eigenvalue weighted by molar-refractivity contribution is 5.76. The minimum absolute atomic E-state index is 1.09. The highest BCUT2D eigenvalue weighted by atomic mass is 14.1. The molecule has 0 heteroatoms. The lowest BCUT2D eigenvalue weighted by atomic mass is 9.91. The molecule has 0 saturated heterocycles. The molecule has 0 spiro atoms. The number of hydrogen-bond donors (Lipinski definition) is 0. The Balaban J connectivity index is 1.68. The summed E-state index contributed by atoms with van der Waals surface area (Å²) in [5, 5.41) is 0. The average molecular weight is 377 g/mol. The molecule has 0 bridgehead atoms. The fourth-order valence-corrected chi connectivity index (χ4v) is 3.87. The second kappa shape index (κ2) is 8.49. The normalized spacial score (nSPS) is 10.9. The molecule has 0 unspecified atom stereocenters. The van der Waals surface area contributed by atoms with Gasteiger partial charge in [0.1, 0.15) is 0 Å². The highest BCUT2D eigenvalue weighted by Gasteiger charge is 2.08. The first-order valence-corrected chi connectivity index (χ1v) is 10.5. The van der Waals surface area contributed by atoms with Gasteiger partial charge in [0.05, 0.1) is 0 Å². The van der Waals surface area contributed by atoms with E-state index in [1.165, 1.54) is 50.1 Å². The molecule has 4 aromatic rings. The van der Waals surface area contributed by atoms with Crippen molar-refractivity contribution >= 4 is 0 Å². The molecular weight excluding hydrogens is 348 g/mol. The molecule has 0 aliphatic heterocycles. The summed E-state index contributed by atoms with van der Waals surface area (Å²) in [6.45, 7) is 6.51. The highest BCUT2D eigenvalue weighted by Crippen LogP contribution is 2.31. The van der Waals surface area contributed by atoms with Gasteiger partial charge in [-0.2, -0.15) is 0 Å². The van der Waals surface area contributed by atoms with Gasteiger partial charge in [0.15, 0.2) is 0 Å². The second-order valence-corrected chi connectivity index (χ2v) is 7.93. The summed E-state index contributed by atoms with van der Waals surface area (Å²) in [4.78, 5) is 0. The Labute approximate surface area is 174 Å². The van der Waals surface area contributed by atoms with Crippen LogP contribution >= 0.6 is 0 Å². The Morgan fingerprint density at radius 1 is 0.483 bits per heavy atom. The molecule has 0 saturated carbocycles. The summed E-state index contributed by atoms with van der Waals surface area (Å²) in [5.41, 5.74) is 11.8. The number of aryl methyl sites for hydroxylation is 3. The standard InChI is InChI=1S/C29H28/c1-4-5-28-20-27(25-12-8-22(3)9-13-25)18-19-29(28)26-16-14-24(15-17-26)23-10-6-21(2)7-11-23/h6-20H,4-5H2,1-3H3. The number of benzene rings is 4. The van der Waals surface area contributed by atoms with E-state index in [1.807, 2.05) is 0 Å². The maximum absolute atomic E-state index is 2.37. The van der Waals surface area contributed by atoms with Gasteiger partial charge in [0.2, 0.25) is 0 Å². The third-order valence-electron chi connectivity index (χ3n) is 5.59. The number of hydrogen-bond acceptors (Lipinski definition) is 0. The van der Waals surface area contributed by atoms with E-state index < -0.39 is 0 Å². The van der Waals surface area contributed by atoms with E-state index in [0.29, 0.717) is 0 Å². The van der Waals surface area contributed by atoms with Gasteiger partial charge in [-0.15, -0.1) is 0 Å². The minimum Gasteiger partial charge on any atom is -0.0651 e. The van der Waals surface area contributed by atoms with Gasteiger partial charge >= 0.3 is 0 Å². The van der Waals surface area contributed by atoms with Crippen molar-refractivity contribution in [3.05, 3.63) is 108 Å². The minimum atomic E-state index is 1.09. The lowest BCUT2D eigenvalue weighted by Gasteiger charge is -2.13. The predicted octanol–water partition coefficient (Wildman–Crippen LogP) is 8.26. The van der Waals surface area contributed by atoms with E-state index in [2.05, 4.69) is 112 Å². The van der Waals surface area contributed by atoms with Crippen molar-refractivity contribution in [2.45, 2.75) is 33.6 Å². The fourth-order valence-electron chi connectivity index (χ4n) is 3.87. The summed E-state index contributed by atoms with van der Waals surface area (Å²) in [6, 6.07) is 33.5. The van der Waals surface area contributed by atoms with E-state index in [0.717, 1.165) is 12.8 Å². The Hall–Kier alpha value is -3.12. The lowest BCUT2D eigenvalue weighted by molar-refractivity contribution is 0.924. The average Bonchev–Trinajstić information content (AvgIpc) is 2.75. The Morgan fingerprint density at radius 2 is 0.897 bits per heavy atom. The first-order valence-electron chi connectivity index (χ1n) is 10.5. The van der Waals surface area contributed by atoms with Crippen LogP contribution in [0, 0.1) is 13.8 Å². The molecule has 0 aliphatic rings. The molecule has 0 aliphatic carbocycles. The molecule has 0 heterocycles. The van der Waals surface area contributed by atoms with Crippen molar-refractivity contribution < 1.29 is 0 Å². The monoisotopic (exact) mass is 376 g/mol. The maximum Gasteiger partial charge on any atom is -0.0151 e. The van der Waals surface area contributed by atoms with Gasteiger partial charge in [0, 0.05) is 0 Å². The predicted molar refractivity (Wildman–Crippen MR) is 126 cm³/mol. The molecule has 0 fully saturated rings. The molecule has 4 rings (SSSR count). The van der Waals surface area contributed by atoms with E-state index >= 15 is 0 Å². The molecule has 0 amide bonds. The van der Waals surface area contributed by atoms with Crippen LogP contribution in [0.3, 0.4) is 0 Å². The lowest BCUT2D eigenvalue weighted by Crippen LogP contribution is -1.92. The largest absolute Gasteiger partial charge is 0.0651 e. The zero-order valence-corrected chi connectivity index (χ0v) is 17.6. The van der Waals surface area contributed by atoms with E-state index in [-0.39, 0.29) is 0 Å². The van der Waals surface area contributed by atoms with E-state index in [9.17, 15) is 0 Å². The molecule has 0 aromatic heterocycles. The van der Waals surface area contributed by atoms with Crippen molar-refractivity contribution in [3.8, 4) is 33.4 Å². The molecule has 0 atom stereocenters. The summed E-state index contributed by atoms with van der Waals surface area (Å²) in [6.07, 6.45) is 2.24. The van der Waals surface area contributed by atoms with Crippen molar-refractivity contribution in [2.24, 2.45) is 0 Å². The van der Waals surface area contributed by atoms with Gasteiger partial charge in [-0.05, 0) is 59.2 Å². The molecular formula is C29H28. The smallest absolute Gasteiger partial charge is 0.0151 e. The van der Waals surface area contributed by atoms with Crippen LogP contribution in [0.2, 0.25) is 0 Å². The van der Waals surface area contributed by atoms with Gasteiger partial charge < -0.3 is 0 Å². The van der Waals surface area contributed by atoms with Crippen LogP contribution < -0.4 is 0 Å². The van der Waals surface area contributed by atoms with Gasteiger partial charge in [-0.1, -0.05) is 115 Å². The van der Waals surface area contributed by atoms with Crippen molar-refractivity contribution in [3.63, 3.8) is 0 Å². The van der Waals surface area contributed by atoms with Gasteiger partial charge in [-0.25, -0.2) is 0 Å². The topological polar surface area (TPSA) is 0 Å². The van der Waals surface area contributed by atoms with Crippen LogP contribution in [0.25, 0.3) is 33.4 Å². The molecule has 0 N–H and O–H groups in total. The Morgan fingerprint density at radius 3 is 1.41 bits per heavy atom. The van der Waals surface area contributed by atoms with E-state index in [4.69, 9.17) is 0 Å². The van der Waals surface area contributed by atoms with Crippen molar-refractivity contribution in [1.29, 1.82) is 0 Å². The zero-order chi connectivity index (χ0) is 20.2. The van der Waals surface area contributed by atoms with Crippen molar-refractivity contribution in [2.75, 3.05) is 0 Å². The summed E-state index contributed by atoms with van der Waals surface area (Å²) < 4.78 is 0. The van der Waals surface area contributed by atoms with Crippen LogP contribution in [0.15, 0.2) is 91.0 Å². The molecule has 0 radical (unpaired) electrons. The Kier molecular flexibility index (Phi) is 5.62. The van der Waals surface area contributed by atoms with Crippen molar-refractivity contribution in [1.82, 2.24) is 0 Å². The van der Waals surface area contributed by atoms with Crippen LogP contribution in [-0.4, -0.2) is 0 Å². The quantitative estimate of drug-likeness (QED) is 0.329. The van der Waals surface area contributed by atoms with Gasteiger partial charge in [-0.3, -0.25) is 0 Å².